The number of aryl methyl sites for hydroxylation is 1. The van der Waals surface area contributed by atoms with Crippen molar-refractivity contribution in [2.75, 3.05) is 0 Å². The van der Waals surface area contributed by atoms with Crippen molar-refractivity contribution in [1.82, 2.24) is 9.97 Å². The van der Waals surface area contributed by atoms with Gasteiger partial charge in [-0.15, -0.1) is 0 Å². The van der Waals surface area contributed by atoms with Gasteiger partial charge >= 0.3 is 5.97 Å². The van der Waals surface area contributed by atoms with Crippen LogP contribution < -0.4 is 4.74 Å². The maximum absolute atomic E-state index is 10.4. The highest BCUT2D eigenvalue weighted by Gasteiger charge is 2.04. The predicted molar refractivity (Wildman–Crippen MR) is 65.3 cm³/mol. The quantitative estimate of drug-likeness (QED) is 0.817. The lowest BCUT2D eigenvalue weighted by molar-refractivity contribution is -0.136. The monoisotopic (exact) mass is 246 g/mol. The van der Waals surface area contributed by atoms with Crippen molar-refractivity contribution in [2.24, 2.45) is 0 Å². The van der Waals surface area contributed by atoms with Gasteiger partial charge in [0.15, 0.2) is 0 Å². The molecule has 0 aliphatic rings. The van der Waals surface area contributed by atoms with E-state index >= 15 is 0 Å². The van der Waals surface area contributed by atoms with E-state index in [0.717, 1.165) is 11.4 Å². The minimum atomic E-state index is -0.813. The number of carboxylic acids is 1. The number of hydrogen-bond donors (Lipinski definition) is 2. The maximum atomic E-state index is 10.4. The zero-order chi connectivity index (χ0) is 12.8. The molecule has 0 bridgehead atoms. The normalized spacial score (nSPS) is 10.2. The first-order valence-corrected chi connectivity index (χ1v) is 5.66. The predicted octanol–water partition coefficient (Wildman–Crippen LogP) is 2.01. The van der Waals surface area contributed by atoms with Crippen LogP contribution in [0.5, 0.6) is 5.75 Å². The fourth-order valence-corrected chi connectivity index (χ4v) is 1.52. The number of rotatable bonds is 6. The second-order valence-corrected chi connectivity index (χ2v) is 3.85. The summed E-state index contributed by atoms with van der Waals surface area (Å²) in [6.07, 6.45) is 2.20. The molecule has 0 radical (unpaired) electrons. The molecule has 5 heteroatoms. The first-order chi connectivity index (χ1) is 8.74. The molecule has 0 aliphatic carbocycles. The van der Waals surface area contributed by atoms with Crippen molar-refractivity contribution in [1.29, 1.82) is 0 Å². The van der Waals surface area contributed by atoms with Crippen LogP contribution in [0.25, 0.3) is 0 Å². The number of aromatic amines is 1. The highest BCUT2D eigenvalue weighted by molar-refractivity contribution is 5.66. The second kappa shape index (κ2) is 5.86. The topological polar surface area (TPSA) is 75.2 Å². The molecule has 0 amide bonds. The molecule has 5 nitrogen and oxygen atoms in total. The zero-order valence-electron chi connectivity index (χ0n) is 9.80. The number of aromatic nitrogens is 2. The first kappa shape index (κ1) is 12.2. The van der Waals surface area contributed by atoms with E-state index in [0.29, 0.717) is 18.9 Å². The minimum Gasteiger partial charge on any atom is -0.486 e. The Morgan fingerprint density at radius 3 is 2.83 bits per heavy atom. The fourth-order valence-electron chi connectivity index (χ4n) is 1.52. The largest absolute Gasteiger partial charge is 0.486 e. The van der Waals surface area contributed by atoms with Crippen molar-refractivity contribution in [2.45, 2.75) is 19.4 Å². The zero-order valence-corrected chi connectivity index (χ0v) is 9.80. The lowest BCUT2D eigenvalue weighted by atomic mass is 10.2. The average molecular weight is 246 g/mol. The number of benzene rings is 1. The minimum absolute atomic E-state index is 0.0984. The summed E-state index contributed by atoms with van der Waals surface area (Å²) in [5.74, 6) is 0.659. The van der Waals surface area contributed by atoms with Crippen molar-refractivity contribution in [3.63, 3.8) is 0 Å². The second-order valence-electron chi connectivity index (χ2n) is 3.85. The van der Waals surface area contributed by atoms with Crippen molar-refractivity contribution in [3.8, 4) is 5.75 Å². The molecule has 0 saturated carbocycles. The number of nitrogens with one attached hydrogen (secondary N) is 1. The van der Waals surface area contributed by atoms with E-state index < -0.39 is 5.97 Å². The number of carboxylic acid groups (broad SMARTS) is 1. The number of nitrogens with zero attached hydrogens (tertiary/aromatic N) is 1. The van der Waals surface area contributed by atoms with Crippen LogP contribution in [0.2, 0.25) is 0 Å². The Balaban J connectivity index is 1.85. The van der Waals surface area contributed by atoms with Crippen molar-refractivity contribution < 1.29 is 14.6 Å². The van der Waals surface area contributed by atoms with Crippen molar-refractivity contribution >= 4 is 5.97 Å². The Labute approximate surface area is 104 Å². The average Bonchev–Trinajstić information content (AvgIpc) is 2.83. The molecule has 0 atom stereocenters. The van der Waals surface area contributed by atoms with E-state index in [4.69, 9.17) is 9.84 Å². The molecule has 0 saturated heterocycles. The molecule has 2 aromatic rings. The van der Waals surface area contributed by atoms with Crippen LogP contribution in [0.4, 0.5) is 0 Å². The molecule has 1 aromatic heterocycles. The van der Waals surface area contributed by atoms with Gasteiger partial charge in [0.25, 0.3) is 0 Å². The fraction of sp³-hybridized carbons (Fsp3) is 0.231. The van der Waals surface area contributed by atoms with Crippen LogP contribution in [0, 0.1) is 0 Å². The van der Waals surface area contributed by atoms with Gasteiger partial charge in [-0.2, -0.15) is 0 Å². The summed E-state index contributed by atoms with van der Waals surface area (Å²) in [6, 6.07) is 9.46. The molecule has 0 unspecified atom stereocenters. The molecule has 2 rings (SSSR count). The molecule has 0 aliphatic heterocycles. The maximum Gasteiger partial charge on any atom is 0.303 e. The van der Waals surface area contributed by atoms with Crippen LogP contribution in [0.3, 0.4) is 0 Å². The van der Waals surface area contributed by atoms with E-state index in [-0.39, 0.29) is 6.42 Å². The number of para-hydroxylation sites is 1. The summed E-state index contributed by atoms with van der Waals surface area (Å²) >= 11 is 0. The van der Waals surface area contributed by atoms with Gasteiger partial charge in [-0.25, -0.2) is 4.98 Å². The van der Waals surface area contributed by atoms with Crippen molar-refractivity contribution in [3.05, 3.63) is 48.0 Å². The SMILES string of the molecule is O=C(O)CCc1cnc(COc2ccccc2)[nH]1. The molecule has 1 heterocycles. The standard InChI is InChI=1S/C13H14N2O3/c16-13(17)7-6-10-8-14-12(15-10)9-18-11-4-2-1-3-5-11/h1-5,8H,6-7,9H2,(H,14,15)(H,16,17). The number of hydrogen-bond acceptors (Lipinski definition) is 3. The third kappa shape index (κ3) is 3.62. The van der Waals surface area contributed by atoms with E-state index in [1.54, 1.807) is 6.20 Å². The van der Waals surface area contributed by atoms with E-state index in [1.165, 1.54) is 0 Å². The van der Waals surface area contributed by atoms with Gasteiger partial charge in [0, 0.05) is 11.9 Å². The number of aliphatic carboxylic acids is 1. The summed E-state index contributed by atoms with van der Waals surface area (Å²) in [7, 11) is 0. The van der Waals surface area contributed by atoms with Gasteiger partial charge < -0.3 is 14.8 Å². The summed E-state index contributed by atoms with van der Waals surface area (Å²) in [6.45, 7) is 0.344. The number of H-pyrrole nitrogens is 1. The smallest absolute Gasteiger partial charge is 0.303 e. The lowest BCUT2D eigenvalue weighted by Gasteiger charge is -2.02. The van der Waals surface area contributed by atoms with Crippen LogP contribution in [-0.2, 0) is 17.8 Å². The summed E-state index contributed by atoms with van der Waals surface area (Å²) in [5, 5.41) is 8.57. The van der Waals surface area contributed by atoms with Gasteiger partial charge in [0.2, 0.25) is 0 Å². The van der Waals surface area contributed by atoms with Gasteiger partial charge in [-0.05, 0) is 18.6 Å². The Hall–Kier alpha value is -2.30. The van der Waals surface area contributed by atoms with Crippen LogP contribution in [-0.4, -0.2) is 21.0 Å². The molecule has 1 aromatic carbocycles. The summed E-state index contributed by atoms with van der Waals surface area (Å²) in [4.78, 5) is 17.6. The van der Waals surface area contributed by atoms with Gasteiger partial charge in [0.1, 0.15) is 18.2 Å². The Morgan fingerprint density at radius 2 is 2.11 bits per heavy atom. The van der Waals surface area contributed by atoms with Crippen LogP contribution in [0.15, 0.2) is 36.5 Å². The van der Waals surface area contributed by atoms with Gasteiger partial charge in [-0.3, -0.25) is 4.79 Å². The first-order valence-electron chi connectivity index (χ1n) is 5.66. The molecule has 2 N–H and O–H groups in total. The Kier molecular flexibility index (Phi) is 3.96. The molecule has 18 heavy (non-hydrogen) atoms. The summed E-state index contributed by atoms with van der Waals surface area (Å²) in [5.41, 5.74) is 0.809. The third-order valence-electron chi connectivity index (χ3n) is 2.41. The third-order valence-corrected chi connectivity index (χ3v) is 2.41. The van der Waals surface area contributed by atoms with Gasteiger partial charge in [0.05, 0.1) is 6.42 Å². The number of ether oxygens (including phenoxy) is 1. The lowest BCUT2D eigenvalue weighted by Crippen LogP contribution is -1.99. The van der Waals surface area contributed by atoms with Crippen LogP contribution in [0.1, 0.15) is 17.9 Å². The van der Waals surface area contributed by atoms with E-state index in [2.05, 4.69) is 9.97 Å². The molecule has 0 fully saturated rings. The van der Waals surface area contributed by atoms with E-state index in [1.807, 2.05) is 30.3 Å². The van der Waals surface area contributed by atoms with E-state index in [9.17, 15) is 4.79 Å². The molecule has 94 valence electrons. The van der Waals surface area contributed by atoms with Gasteiger partial charge in [-0.1, -0.05) is 18.2 Å². The molecule has 0 spiro atoms. The molecular weight excluding hydrogens is 232 g/mol. The Morgan fingerprint density at radius 1 is 1.33 bits per heavy atom. The Bertz CT molecular complexity index is 508. The highest BCUT2D eigenvalue weighted by atomic mass is 16.5. The highest BCUT2D eigenvalue weighted by Crippen LogP contribution is 2.10. The number of imidazole rings is 1. The number of carbonyl (C=O) groups is 1. The molecular formula is C13H14N2O3. The van der Waals surface area contributed by atoms with Crippen LogP contribution >= 0.6 is 0 Å². The summed E-state index contributed by atoms with van der Waals surface area (Å²) < 4.78 is 5.52.